The van der Waals surface area contributed by atoms with E-state index in [2.05, 4.69) is 0 Å². The Bertz CT molecular complexity index is 945. The standard InChI is InChI=1S/C17H11ClO5/c18-14-4-2-1-3-11(14)9-22-12-6-5-10-7-13(16(19)20)17(21)23-15(10)8-12/h1-8H,9H2,(H,19,20). The van der Waals surface area contributed by atoms with Gasteiger partial charge in [-0.15, -0.1) is 0 Å². The third-order valence-corrected chi connectivity index (χ3v) is 3.66. The number of carbonyl (C=O) groups is 1. The Labute approximate surface area is 135 Å². The second kappa shape index (κ2) is 6.14. The lowest BCUT2D eigenvalue weighted by molar-refractivity contribution is 0.0692. The second-order valence-corrected chi connectivity index (χ2v) is 5.24. The van der Waals surface area contributed by atoms with Gasteiger partial charge in [0, 0.05) is 22.0 Å². The van der Waals surface area contributed by atoms with Crippen molar-refractivity contribution in [3.05, 3.63) is 75.1 Å². The van der Waals surface area contributed by atoms with Crippen LogP contribution in [0.25, 0.3) is 11.0 Å². The van der Waals surface area contributed by atoms with Crippen LogP contribution in [0.2, 0.25) is 5.02 Å². The first-order valence-corrected chi connectivity index (χ1v) is 7.10. The quantitative estimate of drug-likeness (QED) is 0.738. The molecule has 1 aromatic heterocycles. The molecule has 0 aliphatic heterocycles. The van der Waals surface area contributed by atoms with Gasteiger partial charge in [0.25, 0.3) is 0 Å². The number of benzene rings is 2. The summed E-state index contributed by atoms with van der Waals surface area (Å²) in [5.74, 6) is -0.830. The number of ether oxygens (including phenoxy) is 1. The zero-order valence-electron chi connectivity index (χ0n) is 11.8. The van der Waals surface area contributed by atoms with E-state index in [0.717, 1.165) is 5.56 Å². The van der Waals surface area contributed by atoms with Gasteiger partial charge in [-0.05, 0) is 24.3 Å². The van der Waals surface area contributed by atoms with E-state index in [4.69, 9.17) is 25.9 Å². The Morgan fingerprint density at radius 3 is 2.70 bits per heavy atom. The first-order valence-electron chi connectivity index (χ1n) is 6.72. The molecule has 3 rings (SSSR count). The average molecular weight is 331 g/mol. The lowest BCUT2D eigenvalue weighted by Crippen LogP contribution is -2.12. The molecular weight excluding hydrogens is 320 g/mol. The maximum absolute atomic E-state index is 11.6. The van der Waals surface area contributed by atoms with Crippen LogP contribution in [-0.2, 0) is 6.61 Å². The third-order valence-electron chi connectivity index (χ3n) is 3.29. The molecule has 0 saturated heterocycles. The van der Waals surface area contributed by atoms with E-state index in [1.165, 1.54) is 6.07 Å². The van der Waals surface area contributed by atoms with Gasteiger partial charge in [0.2, 0.25) is 0 Å². The van der Waals surface area contributed by atoms with Crippen LogP contribution in [0.3, 0.4) is 0 Å². The van der Waals surface area contributed by atoms with Crippen molar-refractivity contribution in [3.63, 3.8) is 0 Å². The summed E-state index contributed by atoms with van der Waals surface area (Å²) in [6.45, 7) is 0.266. The van der Waals surface area contributed by atoms with Crippen LogP contribution in [0, 0.1) is 0 Å². The predicted octanol–water partition coefficient (Wildman–Crippen LogP) is 3.72. The first kappa shape index (κ1) is 15.1. The van der Waals surface area contributed by atoms with E-state index in [1.54, 1.807) is 24.3 Å². The summed E-state index contributed by atoms with van der Waals surface area (Å²) >= 11 is 6.06. The van der Waals surface area contributed by atoms with E-state index < -0.39 is 17.2 Å². The molecule has 0 radical (unpaired) electrons. The van der Waals surface area contributed by atoms with Crippen molar-refractivity contribution >= 4 is 28.5 Å². The van der Waals surface area contributed by atoms with Gasteiger partial charge in [-0.1, -0.05) is 29.8 Å². The third kappa shape index (κ3) is 3.19. The Balaban J connectivity index is 1.88. The fourth-order valence-electron chi connectivity index (χ4n) is 2.11. The molecule has 5 nitrogen and oxygen atoms in total. The number of rotatable bonds is 4. The van der Waals surface area contributed by atoms with Crippen LogP contribution in [-0.4, -0.2) is 11.1 Å². The number of hydrogen-bond acceptors (Lipinski definition) is 4. The predicted molar refractivity (Wildman–Crippen MR) is 85.2 cm³/mol. The van der Waals surface area contributed by atoms with Gasteiger partial charge in [0.1, 0.15) is 23.5 Å². The summed E-state index contributed by atoms with van der Waals surface area (Å²) in [5, 5.41) is 10.0. The topological polar surface area (TPSA) is 76.7 Å². The molecule has 6 heteroatoms. The van der Waals surface area contributed by atoms with Gasteiger partial charge in [-0.2, -0.15) is 0 Å². The molecule has 3 aromatic rings. The summed E-state index contributed by atoms with van der Waals surface area (Å²) in [6, 6.07) is 13.4. The number of halogens is 1. The fourth-order valence-corrected chi connectivity index (χ4v) is 2.30. The van der Waals surface area contributed by atoms with Crippen LogP contribution in [0.1, 0.15) is 15.9 Å². The Hall–Kier alpha value is -2.79. The lowest BCUT2D eigenvalue weighted by Gasteiger charge is -2.08. The summed E-state index contributed by atoms with van der Waals surface area (Å²) in [5.41, 5.74) is -0.205. The Kier molecular flexibility index (Phi) is 4.04. The van der Waals surface area contributed by atoms with Gasteiger partial charge >= 0.3 is 11.6 Å². The highest BCUT2D eigenvalue weighted by Gasteiger charge is 2.12. The van der Waals surface area contributed by atoms with Crippen molar-refractivity contribution < 1.29 is 19.1 Å². The smallest absolute Gasteiger partial charge is 0.351 e. The molecule has 0 aliphatic rings. The molecule has 23 heavy (non-hydrogen) atoms. The minimum absolute atomic E-state index is 0.261. The second-order valence-electron chi connectivity index (χ2n) is 4.83. The Morgan fingerprint density at radius 2 is 1.96 bits per heavy atom. The van der Waals surface area contributed by atoms with Gasteiger partial charge in [-0.3, -0.25) is 0 Å². The minimum Gasteiger partial charge on any atom is -0.489 e. The summed E-state index contributed by atoms with van der Waals surface area (Å²) in [7, 11) is 0. The highest BCUT2D eigenvalue weighted by Crippen LogP contribution is 2.23. The van der Waals surface area contributed by atoms with Gasteiger partial charge < -0.3 is 14.3 Å². The molecule has 1 heterocycles. The average Bonchev–Trinajstić information content (AvgIpc) is 2.53. The SMILES string of the molecule is O=C(O)c1cc2ccc(OCc3ccccc3Cl)cc2oc1=O. The molecule has 1 N–H and O–H groups in total. The van der Waals surface area contributed by atoms with E-state index in [0.29, 0.717) is 16.2 Å². The van der Waals surface area contributed by atoms with E-state index >= 15 is 0 Å². The molecule has 0 atom stereocenters. The molecule has 0 saturated carbocycles. The van der Waals surface area contributed by atoms with Crippen LogP contribution in [0.4, 0.5) is 0 Å². The highest BCUT2D eigenvalue weighted by atomic mass is 35.5. The number of fused-ring (bicyclic) bond motifs is 1. The monoisotopic (exact) mass is 330 g/mol. The number of hydrogen-bond donors (Lipinski definition) is 1. The van der Waals surface area contributed by atoms with Crippen molar-refractivity contribution in [2.45, 2.75) is 6.61 Å². The fraction of sp³-hybridized carbons (Fsp3) is 0.0588. The van der Waals surface area contributed by atoms with Gasteiger partial charge in [0.15, 0.2) is 0 Å². The molecule has 2 aromatic carbocycles. The largest absolute Gasteiger partial charge is 0.489 e. The molecule has 0 spiro atoms. The van der Waals surface area contributed by atoms with Crippen LogP contribution in [0.5, 0.6) is 5.75 Å². The van der Waals surface area contributed by atoms with Crippen molar-refractivity contribution in [1.82, 2.24) is 0 Å². The Morgan fingerprint density at radius 1 is 1.17 bits per heavy atom. The van der Waals surface area contributed by atoms with E-state index in [9.17, 15) is 9.59 Å². The zero-order valence-corrected chi connectivity index (χ0v) is 12.5. The summed E-state index contributed by atoms with van der Waals surface area (Å²) in [4.78, 5) is 22.5. The summed E-state index contributed by atoms with van der Waals surface area (Å²) < 4.78 is 10.7. The zero-order chi connectivity index (χ0) is 16.4. The van der Waals surface area contributed by atoms with Crippen LogP contribution < -0.4 is 10.4 Å². The maximum atomic E-state index is 11.6. The minimum atomic E-state index is -1.32. The normalized spacial score (nSPS) is 10.7. The molecule has 116 valence electrons. The molecule has 0 aliphatic carbocycles. The van der Waals surface area contributed by atoms with Gasteiger partial charge in [0.05, 0.1) is 0 Å². The highest BCUT2D eigenvalue weighted by molar-refractivity contribution is 6.31. The van der Waals surface area contributed by atoms with E-state index in [1.807, 2.05) is 18.2 Å². The van der Waals surface area contributed by atoms with Crippen molar-refractivity contribution in [2.75, 3.05) is 0 Å². The molecule has 0 unspecified atom stereocenters. The van der Waals surface area contributed by atoms with Gasteiger partial charge in [-0.25, -0.2) is 9.59 Å². The lowest BCUT2D eigenvalue weighted by atomic mass is 10.2. The van der Waals surface area contributed by atoms with Crippen LogP contribution >= 0.6 is 11.6 Å². The summed E-state index contributed by atoms with van der Waals surface area (Å²) in [6.07, 6.45) is 0. The molecule has 0 bridgehead atoms. The molecule has 0 fully saturated rings. The first-order chi connectivity index (χ1) is 11.0. The van der Waals surface area contributed by atoms with E-state index in [-0.39, 0.29) is 12.2 Å². The molecular formula is C17H11ClO5. The number of aromatic carboxylic acids is 1. The van der Waals surface area contributed by atoms with Crippen molar-refractivity contribution in [1.29, 1.82) is 0 Å². The number of carboxylic acid groups (broad SMARTS) is 1. The van der Waals surface area contributed by atoms with Crippen molar-refractivity contribution in [2.24, 2.45) is 0 Å². The van der Waals surface area contributed by atoms with Crippen molar-refractivity contribution in [3.8, 4) is 5.75 Å². The number of carboxylic acids is 1. The molecule has 0 amide bonds. The maximum Gasteiger partial charge on any atom is 0.351 e. The van der Waals surface area contributed by atoms with Crippen LogP contribution in [0.15, 0.2) is 57.7 Å².